The minimum Gasteiger partial charge on any atom is -0.385 e. The van der Waals surface area contributed by atoms with Crippen LogP contribution in [-0.4, -0.2) is 41.4 Å². The Bertz CT molecular complexity index is 715. The number of likely N-dealkylation sites (tertiary alicyclic amines) is 1. The summed E-state index contributed by atoms with van der Waals surface area (Å²) in [5, 5.41) is 9.61. The van der Waals surface area contributed by atoms with E-state index in [4.69, 9.17) is 5.10 Å². The molecule has 1 aromatic carbocycles. The smallest absolute Gasteiger partial charge is 0.0930 e. The van der Waals surface area contributed by atoms with E-state index >= 15 is 0 Å². The van der Waals surface area contributed by atoms with Crippen molar-refractivity contribution < 1.29 is 0 Å². The van der Waals surface area contributed by atoms with Crippen LogP contribution < -0.4 is 5.32 Å². The van der Waals surface area contributed by atoms with Crippen LogP contribution in [0.5, 0.6) is 0 Å². The van der Waals surface area contributed by atoms with E-state index in [1.54, 1.807) is 0 Å². The number of fused-ring (bicyclic) bond motifs is 1. The molecule has 116 valence electrons. The van der Waals surface area contributed by atoms with Gasteiger partial charge in [0.2, 0.25) is 0 Å². The van der Waals surface area contributed by atoms with E-state index in [9.17, 15) is 0 Å². The summed E-state index contributed by atoms with van der Waals surface area (Å²) in [5.41, 5.74) is 3.62. The van der Waals surface area contributed by atoms with Gasteiger partial charge < -0.3 is 10.2 Å². The summed E-state index contributed by atoms with van der Waals surface area (Å²) >= 11 is 0. The van der Waals surface area contributed by atoms with E-state index in [1.807, 2.05) is 0 Å². The van der Waals surface area contributed by atoms with Crippen molar-refractivity contribution in [3.8, 4) is 0 Å². The molecule has 1 aromatic heterocycles. The highest BCUT2D eigenvalue weighted by atomic mass is 15.3. The maximum Gasteiger partial charge on any atom is 0.0930 e. The largest absolute Gasteiger partial charge is 0.385 e. The Hall–Kier alpha value is -1.81. The standard InChI is InChI=1S/C18H24N4/c1-13-3-6-17(19-10-13)14-4-5-15-11-22(20-18(15)9-14)16-7-8-21(2)12-16/h4-6,9,11,13,16,19H,3,7-8,10,12H2,1-2H3/t13-,16+/m0/s1. The SMILES string of the molecule is C[C@H]1CC=C(c2ccc3cn([C@@H]4CCN(C)C4)nc3c2)NC1. The molecule has 0 radical (unpaired) electrons. The molecule has 4 heteroatoms. The molecule has 4 nitrogen and oxygen atoms in total. The molecule has 2 aliphatic heterocycles. The number of hydrogen-bond acceptors (Lipinski definition) is 3. The molecule has 0 spiro atoms. The fourth-order valence-electron chi connectivity index (χ4n) is 3.50. The summed E-state index contributed by atoms with van der Waals surface area (Å²) in [4.78, 5) is 2.38. The highest BCUT2D eigenvalue weighted by Crippen LogP contribution is 2.25. The number of likely N-dealkylation sites (N-methyl/N-ethyl adjacent to an activating group) is 1. The normalized spacial score (nSPS) is 26.2. The fourth-order valence-corrected chi connectivity index (χ4v) is 3.50. The van der Waals surface area contributed by atoms with Crippen LogP contribution in [0.4, 0.5) is 0 Å². The molecule has 1 N–H and O–H groups in total. The van der Waals surface area contributed by atoms with Crippen molar-refractivity contribution in [2.75, 3.05) is 26.7 Å². The Morgan fingerprint density at radius 3 is 2.95 bits per heavy atom. The Morgan fingerprint density at radius 2 is 2.23 bits per heavy atom. The molecule has 3 heterocycles. The van der Waals surface area contributed by atoms with Gasteiger partial charge in [-0.15, -0.1) is 0 Å². The number of hydrogen-bond donors (Lipinski definition) is 1. The minimum absolute atomic E-state index is 0.522. The first-order chi connectivity index (χ1) is 10.7. The molecule has 0 amide bonds. The molecule has 4 rings (SSSR count). The monoisotopic (exact) mass is 296 g/mol. The van der Waals surface area contributed by atoms with Gasteiger partial charge >= 0.3 is 0 Å². The summed E-state index contributed by atoms with van der Waals surface area (Å²) in [6.07, 6.45) is 6.87. The Labute approximate surface area is 131 Å². The van der Waals surface area contributed by atoms with Crippen molar-refractivity contribution in [3.63, 3.8) is 0 Å². The lowest BCUT2D eigenvalue weighted by Crippen LogP contribution is -2.23. The highest BCUT2D eigenvalue weighted by Gasteiger charge is 2.22. The number of benzene rings is 1. The van der Waals surface area contributed by atoms with Crippen LogP contribution in [0.15, 0.2) is 30.5 Å². The van der Waals surface area contributed by atoms with E-state index in [-0.39, 0.29) is 0 Å². The maximum atomic E-state index is 4.83. The summed E-state index contributed by atoms with van der Waals surface area (Å²) in [7, 11) is 2.18. The van der Waals surface area contributed by atoms with Crippen LogP contribution >= 0.6 is 0 Å². The lowest BCUT2D eigenvalue weighted by atomic mass is 10.00. The van der Waals surface area contributed by atoms with Gasteiger partial charge in [0.1, 0.15) is 0 Å². The van der Waals surface area contributed by atoms with E-state index in [0.717, 1.165) is 30.9 Å². The van der Waals surface area contributed by atoms with Crippen LogP contribution in [0, 0.1) is 5.92 Å². The van der Waals surface area contributed by atoms with Gasteiger partial charge in [-0.3, -0.25) is 4.68 Å². The van der Waals surface area contributed by atoms with Crippen LogP contribution in [0.1, 0.15) is 31.4 Å². The zero-order chi connectivity index (χ0) is 15.1. The zero-order valence-electron chi connectivity index (χ0n) is 13.4. The molecule has 0 saturated carbocycles. The molecule has 2 aromatic rings. The topological polar surface area (TPSA) is 33.1 Å². The summed E-state index contributed by atoms with van der Waals surface area (Å²) in [6, 6.07) is 7.16. The summed E-state index contributed by atoms with van der Waals surface area (Å²) < 4.78 is 2.17. The second kappa shape index (κ2) is 5.43. The zero-order valence-corrected chi connectivity index (χ0v) is 13.4. The van der Waals surface area contributed by atoms with Crippen molar-refractivity contribution in [2.45, 2.75) is 25.8 Å². The van der Waals surface area contributed by atoms with Crippen molar-refractivity contribution in [1.29, 1.82) is 0 Å². The highest BCUT2D eigenvalue weighted by molar-refractivity contribution is 5.82. The van der Waals surface area contributed by atoms with E-state index in [0.29, 0.717) is 6.04 Å². The molecule has 1 fully saturated rings. The summed E-state index contributed by atoms with van der Waals surface area (Å²) in [5.74, 6) is 0.728. The van der Waals surface area contributed by atoms with Gasteiger partial charge in [0.25, 0.3) is 0 Å². The quantitative estimate of drug-likeness (QED) is 0.925. The van der Waals surface area contributed by atoms with E-state index in [2.05, 4.69) is 59.3 Å². The van der Waals surface area contributed by atoms with Gasteiger partial charge in [-0.1, -0.05) is 25.1 Å². The fraction of sp³-hybridized carbons (Fsp3) is 0.500. The lowest BCUT2D eigenvalue weighted by Gasteiger charge is -2.20. The lowest BCUT2D eigenvalue weighted by molar-refractivity contribution is 0.383. The van der Waals surface area contributed by atoms with Gasteiger partial charge in [-0.05, 0) is 44.0 Å². The molecule has 0 bridgehead atoms. The first kappa shape index (κ1) is 13.8. The third-order valence-electron chi connectivity index (χ3n) is 4.94. The molecule has 22 heavy (non-hydrogen) atoms. The second-order valence-corrected chi connectivity index (χ2v) is 6.93. The number of allylic oxidation sites excluding steroid dienone is 1. The van der Waals surface area contributed by atoms with Gasteiger partial charge in [0, 0.05) is 30.4 Å². The van der Waals surface area contributed by atoms with Gasteiger partial charge in [-0.25, -0.2) is 0 Å². The van der Waals surface area contributed by atoms with E-state index < -0.39 is 0 Å². The molecule has 1 saturated heterocycles. The molecule has 2 atom stereocenters. The molecular formula is C18H24N4. The van der Waals surface area contributed by atoms with Crippen molar-refractivity contribution >= 4 is 16.6 Å². The maximum absolute atomic E-state index is 4.83. The second-order valence-electron chi connectivity index (χ2n) is 6.93. The van der Waals surface area contributed by atoms with Gasteiger partial charge in [0.15, 0.2) is 0 Å². The first-order valence-corrected chi connectivity index (χ1v) is 8.31. The van der Waals surface area contributed by atoms with Crippen LogP contribution in [0.3, 0.4) is 0 Å². The van der Waals surface area contributed by atoms with E-state index in [1.165, 1.54) is 29.6 Å². The predicted octanol–water partition coefficient (Wildman–Crippen LogP) is 2.88. The van der Waals surface area contributed by atoms with Gasteiger partial charge in [0.05, 0.1) is 11.6 Å². The number of aromatic nitrogens is 2. The predicted molar refractivity (Wildman–Crippen MR) is 90.6 cm³/mol. The third kappa shape index (κ3) is 2.52. The number of rotatable bonds is 2. The third-order valence-corrected chi connectivity index (χ3v) is 4.94. The number of nitrogens with zero attached hydrogens (tertiary/aromatic N) is 3. The Balaban J connectivity index is 1.64. The van der Waals surface area contributed by atoms with Crippen LogP contribution in [0.2, 0.25) is 0 Å². The first-order valence-electron chi connectivity index (χ1n) is 8.31. The minimum atomic E-state index is 0.522. The van der Waals surface area contributed by atoms with Crippen LogP contribution in [-0.2, 0) is 0 Å². The Morgan fingerprint density at radius 1 is 1.32 bits per heavy atom. The average Bonchev–Trinajstić information content (AvgIpc) is 3.13. The van der Waals surface area contributed by atoms with Crippen molar-refractivity contribution in [1.82, 2.24) is 20.0 Å². The molecule has 2 aliphatic rings. The number of nitrogens with one attached hydrogen (secondary N) is 1. The average molecular weight is 296 g/mol. The molecular weight excluding hydrogens is 272 g/mol. The van der Waals surface area contributed by atoms with Gasteiger partial charge in [-0.2, -0.15) is 5.10 Å². The summed E-state index contributed by atoms with van der Waals surface area (Å²) in [6.45, 7) is 5.61. The Kier molecular flexibility index (Phi) is 3.41. The molecule has 0 unspecified atom stereocenters. The van der Waals surface area contributed by atoms with Crippen molar-refractivity contribution in [3.05, 3.63) is 36.0 Å². The molecule has 0 aliphatic carbocycles. The van der Waals surface area contributed by atoms with Crippen molar-refractivity contribution in [2.24, 2.45) is 5.92 Å². The van der Waals surface area contributed by atoms with Crippen LogP contribution in [0.25, 0.3) is 16.6 Å².